The number of hydrogen-bond acceptors (Lipinski definition) is 3. The molecule has 2 heterocycles. The van der Waals surface area contributed by atoms with Gasteiger partial charge in [-0.25, -0.2) is 0 Å². The molecule has 4 heteroatoms. The summed E-state index contributed by atoms with van der Waals surface area (Å²) in [5.41, 5.74) is 3.80. The summed E-state index contributed by atoms with van der Waals surface area (Å²) in [5.74, 6) is -0.720. The third-order valence-electron chi connectivity index (χ3n) is 4.92. The Balaban J connectivity index is 1.83. The highest BCUT2D eigenvalue weighted by Crippen LogP contribution is 2.50. The van der Waals surface area contributed by atoms with Gasteiger partial charge in [-0.2, -0.15) is 0 Å². The molecule has 2 aliphatic rings. The van der Waals surface area contributed by atoms with Crippen molar-refractivity contribution in [3.63, 3.8) is 0 Å². The van der Waals surface area contributed by atoms with Crippen LogP contribution in [0, 0.1) is 0 Å². The normalized spacial score (nSPS) is 22.7. The first kappa shape index (κ1) is 16.3. The van der Waals surface area contributed by atoms with E-state index in [1.807, 2.05) is 0 Å². The number of benzene rings is 2. The molecule has 0 N–H and O–H groups in total. The number of rotatable bonds is 4. The summed E-state index contributed by atoms with van der Waals surface area (Å²) in [6.45, 7) is 5.48. The maximum absolute atomic E-state index is 6.30. The molecule has 3 nitrogen and oxygen atoms in total. The highest BCUT2D eigenvalue weighted by atomic mass is 79.9. The fraction of sp³-hybridized carbons (Fsp3) is 0.400. The second-order valence-corrected chi connectivity index (χ2v) is 7.36. The van der Waals surface area contributed by atoms with Gasteiger partial charge in [-0.15, -0.1) is 0 Å². The number of fused-ring (bicyclic) bond motifs is 1. The maximum Gasteiger partial charge on any atom is 0.215 e. The monoisotopic (exact) mass is 387 g/mol. The van der Waals surface area contributed by atoms with Crippen LogP contribution in [0.1, 0.15) is 36.1 Å². The van der Waals surface area contributed by atoms with Crippen LogP contribution < -0.4 is 0 Å². The van der Waals surface area contributed by atoms with E-state index >= 15 is 0 Å². The Morgan fingerprint density at radius 1 is 1.08 bits per heavy atom. The van der Waals surface area contributed by atoms with Crippen molar-refractivity contribution in [2.75, 3.05) is 19.8 Å². The van der Waals surface area contributed by atoms with Gasteiger partial charge >= 0.3 is 0 Å². The molecule has 0 saturated carbocycles. The van der Waals surface area contributed by atoms with Gasteiger partial charge in [-0.3, -0.25) is 4.90 Å². The lowest BCUT2D eigenvalue weighted by Crippen LogP contribution is -2.42. The minimum absolute atomic E-state index is 0.0947. The van der Waals surface area contributed by atoms with E-state index in [1.54, 1.807) is 0 Å². The van der Waals surface area contributed by atoms with Gasteiger partial charge in [-0.05, 0) is 36.2 Å². The molecule has 0 radical (unpaired) electrons. The van der Waals surface area contributed by atoms with E-state index in [2.05, 4.69) is 76.3 Å². The van der Waals surface area contributed by atoms with Gasteiger partial charge in [0.2, 0.25) is 5.79 Å². The summed E-state index contributed by atoms with van der Waals surface area (Å²) >= 11 is 3.53. The van der Waals surface area contributed by atoms with Crippen LogP contribution >= 0.6 is 15.9 Å². The predicted octanol–water partition coefficient (Wildman–Crippen LogP) is 4.62. The third kappa shape index (κ3) is 2.62. The molecule has 1 saturated heterocycles. The van der Waals surface area contributed by atoms with Crippen LogP contribution in [0.15, 0.2) is 53.0 Å². The van der Waals surface area contributed by atoms with E-state index in [0.717, 1.165) is 29.5 Å². The van der Waals surface area contributed by atoms with Crippen LogP contribution in [-0.4, -0.2) is 24.7 Å². The summed E-state index contributed by atoms with van der Waals surface area (Å²) in [5, 5.41) is 0. The Labute approximate surface area is 151 Å². The molecule has 0 bridgehead atoms. The van der Waals surface area contributed by atoms with Gasteiger partial charge in [0.05, 0.1) is 19.3 Å². The van der Waals surface area contributed by atoms with Gasteiger partial charge in [0.25, 0.3) is 0 Å². The Hall–Kier alpha value is -1.20. The summed E-state index contributed by atoms with van der Waals surface area (Å²) in [7, 11) is 0. The van der Waals surface area contributed by atoms with Crippen LogP contribution in [0.2, 0.25) is 0 Å². The van der Waals surface area contributed by atoms with Crippen LogP contribution in [0.4, 0.5) is 0 Å². The average molecular weight is 388 g/mol. The molecule has 1 fully saturated rings. The largest absolute Gasteiger partial charge is 0.342 e. The number of halogens is 1. The van der Waals surface area contributed by atoms with Crippen LogP contribution in [0.25, 0.3) is 0 Å². The third-order valence-corrected chi connectivity index (χ3v) is 5.45. The molecule has 0 spiro atoms. The molecule has 0 aromatic heterocycles. The van der Waals surface area contributed by atoms with Crippen molar-refractivity contribution in [2.45, 2.75) is 31.7 Å². The van der Waals surface area contributed by atoms with Crippen molar-refractivity contribution in [3.05, 3.63) is 69.7 Å². The average Bonchev–Trinajstić information content (AvgIpc) is 3.20. The first-order chi connectivity index (χ1) is 11.7. The maximum atomic E-state index is 6.30. The van der Waals surface area contributed by atoms with E-state index in [1.165, 1.54) is 11.1 Å². The predicted molar refractivity (Wildman–Crippen MR) is 97.6 cm³/mol. The van der Waals surface area contributed by atoms with E-state index in [-0.39, 0.29) is 6.04 Å². The number of ether oxygens (including phenoxy) is 2. The Morgan fingerprint density at radius 2 is 1.79 bits per heavy atom. The molecule has 0 aliphatic carbocycles. The molecule has 1 atom stereocenters. The number of nitrogens with zero attached hydrogens (tertiary/aromatic N) is 1. The second-order valence-electron chi connectivity index (χ2n) is 6.44. The van der Waals surface area contributed by atoms with Crippen molar-refractivity contribution >= 4 is 15.9 Å². The summed E-state index contributed by atoms with van der Waals surface area (Å²) in [4.78, 5) is 2.50. The number of hydrogen-bond donors (Lipinski definition) is 0. The van der Waals surface area contributed by atoms with Gasteiger partial charge in [0.15, 0.2) is 0 Å². The first-order valence-electron chi connectivity index (χ1n) is 8.60. The van der Waals surface area contributed by atoms with Crippen molar-refractivity contribution in [1.29, 1.82) is 0 Å². The molecule has 126 valence electrons. The molecule has 2 aromatic rings. The van der Waals surface area contributed by atoms with Crippen molar-refractivity contribution < 1.29 is 9.47 Å². The van der Waals surface area contributed by atoms with Crippen LogP contribution in [0.5, 0.6) is 0 Å². The summed E-state index contributed by atoms with van der Waals surface area (Å²) in [6, 6.07) is 17.1. The Kier molecular flexibility index (Phi) is 4.48. The molecule has 2 aromatic carbocycles. The lowest BCUT2D eigenvalue weighted by molar-refractivity contribution is -0.212. The quantitative estimate of drug-likeness (QED) is 0.763. The molecular formula is C20H22BrNO2. The molecule has 2 aliphatic heterocycles. The van der Waals surface area contributed by atoms with Gasteiger partial charge in [0.1, 0.15) is 0 Å². The van der Waals surface area contributed by atoms with Gasteiger partial charge < -0.3 is 9.47 Å². The van der Waals surface area contributed by atoms with E-state index < -0.39 is 5.79 Å². The van der Waals surface area contributed by atoms with Crippen molar-refractivity contribution in [2.24, 2.45) is 0 Å². The lowest BCUT2D eigenvalue weighted by atomic mass is 9.91. The SMILES string of the molecule is CCCN1Cc2ccccc2C1C1(c2ccc(Br)cc2)OCCO1. The zero-order valence-electron chi connectivity index (χ0n) is 13.9. The zero-order chi connectivity index (χ0) is 16.6. The zero-order valence-corrected chi connectivity index (χ0v) is 15.5. The minimum Gasteiger partial charge on any atom is -0.342 e. The standard InChI is InChI=1S/C20H22BrNO2/c1-2-11-22-14-15-5-3-4-6-18(15)19(22)20(23-12-13-24-20)16-7-9-17(21)10-8-16/h3-10,19H,2,11-14H2,1H3. The van der Waals surface area contributed by atoms with E-state index in [4.69, 9.17) is 9.47 Å². The van der Waals surface area contributed by atoms with Gasteiger partial charge in [-0.1, -0.05) is 59.3 Å². The molecular weight excluding hydrogens is 366 g/mol. The Morgan fingerprint density at radius 3 is 2.50 bits per heavy atom. The van der Waals surface area contributed by atoms with E-state index in [0.29, 0.717) is 13.2 Å². The summed E-state index contributed by atoms with van der Waals surface area (Å²) < 4.78 is 13.7. The highest BCUT2D eigenvalue weighted by molar-refractivity contribution is 9.10. The summed E-state index contributed by atoms with van der Waals surface area (Å²) in [6.07, 6.45) is 1.11. The van der Waals surface area contributed by atoms with E-state index in [9.17, 15) is 0 Å². The lowest BCUT2D eigenvalue weighted by Gasteiger charge is -2.39. The Bertz CT molecular complexity index is 710. The highest BCUT2D eigenvalue weighted by Gasteiger charge is 2.52. The van der Waals surface area contributed by atoms with Crippen LogP contribution in [0.3, 0.4) is 0 Å². The molecule has 4 rings (SSSR count). The van der Waals surface area contributed by atoms with Crippen molar-refractivity contribution in [1.82, 2.24) is 4.90 Å². The van der Waals surface area contributed by atoms with Crippen LogP contribution in [-0.2, 0) is 21.8 Å². The first-order valence-corrected chi connectivity index (χ1v) is 9.39. The smallest absolute Gasteiger partial charge is 0.215 e. The topological polar surface area (TPSA) is 21.7 Å². The molecule has 24 heavy (non-hydrogen) atoms. The molecule has 0 amide bonds. The fourth-order valence-corrected chi connectivity index (χ4v) is 4.25. The minimum atomic E-state index is -0.720. The second kappa shape index (κ2) is 6.60. The van der Waals surface area contributed by atoms with Gasteiger partial charge in [0, 0.05) is 16.6 Å². The van der Waals surface area contributed by atoms with Crippen molar-refractivity contribution in [3.8, 4) is 0 Å². The molecule has 1 unspecified atom stereocenters. The fourth-order valence-electron chi connectivity index (χ4n) is 3.99.